The van der Waals surface area contributed by atoms with Crippen LogP contribution in [0.3, 0.4) is 0 Å². The molecule has 3 atom stereocenters. The normalized spacial score (nSPS) is 24.6. The van der Waals surface area contributed by atoms with Crippen LogP contribution in [0.1, 0.15) is 40.5 Å². The van der Waals surface area contributed by atoms with Gasteiger partial charge in [0.1, 0.15) is 11.6 Å². The number of hydrogen-bond acceptors (Lipinski definition) is 5. The lowest BCUT2D eigenvalue weighted by Gasteiger charge is -2.25. The minimum absolute atomic E-state index is 0.0948. The zero-order valence-corrected chi connectivity index (χ0v) is 12.1. The minimum atomic E-state index is -1.29. The van der Waals surface area contributed by atoms with E-state index in [0.29, 0.717) is 11.3 Å². The maximum Gasteiger partial charge on any atom is 0.417 e. The van der Waals surface area contributed by atoms with E-state index in [9.17, 15) is 19.5 Å². The second kappa shape index (κ2) is 5.78. The lowest BCUT2D eigenvalue weighted by molar-refractivity contribution is -0.146. The van der Waals surface area contributed by atoms with Crippen LogP contribution in [0.2, 0.25) is 0 Å². The van der Waals surface area contributed by atoms with Crippen molar-refractivity contribution in [2.45, 2.75) is 58.3 Å². The Hall–Kier alpha value is -1.63. The number of imide groups is 1. The van der Waals surface area contributed by atoms with Crippen LogP contribution in [0, 0.1) is 5.92 Å². The van der Waals surface area contributed by atoms with E-state index in [2.05, 4.69) is 0 Å². The molecule has 0 bridgehead atoms. The number of likely N-dealkylation sites (tertiary alicyclic amines) is 1. The molecule has 2 N–H and O–H groups in total. The second-order valence-electron chi connectivity index (χ2n) is 5.86. The van der Waals surface area contributed by atoms with Crippen LogP contribution in [-0.4, -0.2) is 50.8 Å². The largest absolute Gasteiger partial charge is 0.480 e. The lowest BCUT2D eigenvalue weighted by Crippen LogP contribution is -2.46. The lowest BCUT2D eigenvalue weighted by atomic mass is 9.97. The molecular weight excluding hydrogens is 266 g/mol. The number of carbonyl (C=O) groups excluding carboxylic acids is 2. The summed E-state index contributed by atoms with van der Waals surface area (Å²) in [5.41, 5.74) is -0.831. The smallest absolute Gasteiger partial charge is 0.417 e. The van der Waals surface area contributed by atoms with E-state index >= 15 is 0 Å². The third-order valence-corrected chi connectivity index (χ3v) is 3.10. The molecule has 1 aliphatic rings. The van der Waals surface area contributed by atoms with Gasteiger partial charge < -0.3 is 14.9 Å². The zero-order chi connectivity index (χ0) is 15.7. The Balaban J connectivity index is 2.99. The van der Waals surface area contributed by atoms with E-state index in [4.69, 9.17) is 9.84 Å². The van der Waals surface area contributed by atoms with E-state index in [1.54, 1.807) is 27.7 Å². The van der Waals surface area contributed by atoms with E-state index in [1.807, 2.05) is 0 Å². The minimum Gasteiger partial charge on any atom is -0.480 e. The fourth-order valence-corrected chi connectivity index (χ4v) is 2.12. The number of hydrogen-bond donors (Lipinski definition) is 2. The van der Waals surface area contributed by atoms with Crippen LogP contribution in [0.15, 0.2) is 0 Å². The summed E-state index contributed by atoms with van der Waals surface area (Å²) in [7, 11) is 0. The summed E-state index contributed by atoms with van der Waals surface area (Å²) in [5, 5.41) is 18.9. The van der Waals surface area contributed by atoms with Gasteiger partial charge >= 0.3 is 12.1 Å². The number of carboxylic acids is 1. The van der Waals surface area contributed by atoms with Gasteiger partial charge in [-0.1, -0.05) is 6.92 Å². The quantitative estimate of drug-likeness (QED) is 0.802. The van der Waals surface area contributed by atoms with Gasteiger partial charge in [0, 0.05) is 0 Å². The molecule has 0 spiro atoms. The van der Waals surface area contributed by atoms with Crippen LogP contribution in [0.25, 0.3) is 0 Å². The summed E-state index contributed by atoms with van der Waals surface area (Å²) >= 11 is 0. The molecule has 0 aliphatic carbocycles. The van der Waals surface area contributed by atoms with Crippen molar-refractivity contribution in [2.75, 3.05) is 0 Å². The monoisotopic (exact) mass is 287 g/mol. The summed E-state index contributed by atoms with van der Waals surface area (Å²) in [5.74, 6) is -2.86. The molecule has 1 heterocycles. The summed E-state index contributed by atoms with van der Waals surface area (Å²) in [6, 6.07) is -1.29. The number of aliphatic carboxylic acids is 1. The fourth-order valence-electron chi connectivity index (χ4n) is 2.12. The highest BCUT2D eigenvalue weighted by Crippen LogP contribution is 2.30. The standard InChI is InChI=1S/C13H21NO6/c1-5-9(15)7-6-8(11(17)18)14(10(7)16)12(19)20-13(2,3)4/h7-9,15H,5-6H2,1-4H3,(H,17,18). The average Bonchev–Trinajstić information content (AvgIpc) is 2.64. The molecule has 1 saturated heterocycles. The van der Waals surface area contributed by atoms with E-state index in [0.717, 1.165) is 0 Å². The molecule has 1 fully saturated rings. The first kappa shape index (κ1) is 16.4. The van der Waals surface area contributed by atoms with Crippen LogP contribution < -0.4 is 0 Å². The highest BCUT2D eigenvalue weighted by molar-refractivity contribution is 6.00. The van der Waals surface area contributed by atoms with Crippen LogP contribution in [0.5, 0.6) is 0 Å². The summed E-state index contributed by atoms with van der Waals surface area (Å²) in [6.07, 6.45) is -1.73. The molecule has 0 aromatic rings. The fraction of sp³-hybridized carbons (Fsp3) is 0.769. The Morgan fingerprint density at radius 3 is 2.40 bits per heavy atom. The Morgan fingerprint density at radius 2 is 2.00 bits per heavy atom. The van der Waals surface area contributed by atoms with Crippen molar-refractivity contribution in [3.05, 3.63) is 0 Å². The maximum atomic E-state index is 12.1. The van der Waals surface area contributed by atoms with E-state index < -0.39 is 41.6 Å². The van der Waals surface area contributed by atoms with E-state index in [-0.39, 0.29) is 6.42 Å². The molecule has 0 saturated carbocycles. The Morgan fingerprint density at radius 1 is 1.45 bits per heavy atom. The summed E-state index contributed by atoms with van der Waals surface area (Å²) in [6.45, 7) is 6.56. The number of amides is 2. The Kier molecular flexibility index (Phi) is 4.75. The number of ether oxygens (including phenoxy) is 1. The third-order valence-electron chi connectivity index (χ3n) is 3.10. The molecule has 0 aromatic heterocycles. The highest BCUT2D eigenvalue weighted by atomic mass is 16.6. The van der Waals surface area contributed by atoms with Gasteiger partial charge in [-0.2, -0.15) is 0 Å². The number of carbonyl (C=O) groups is 3. The molecule has 20 heavy (non-hydrogen) atoms. The second-order valence-corrected chi connectivity index (χ2v) is 5.86. The molecular formula is C13H21NO6. The van der Waals surface area contributed by atoms with Crippen molar-refractivity contribution < 1.29 is 29.3 Å². The molecule has 114 valence electrons. The number of aliphatic hydroxyl groups excluding tert-OH is 1. The van der Waals surface area contributed by atoms with Gasteiger partial charge in [0.2, 0.25) is 5.91 Å². The van der Waals surface area contributed by atoms with Crippen molar-refractivity contribution in [3.63, 3.8) is 0 Å². The van der Waals surface area contributed by atoms with Crippen molar-refractivity contribution in [3.8, 4) is 0 Å². The van der Waals surface area contributed by atoms with Gasteiger partial charge in [0.25, 0.3) is 0 Å². The van der Waals surface area contributed by atoms with Crippen molar-refractivity contribution in [2.24, 2.45) is 5.92 Å². The predicted octanol–water partition coefficient (Wildman–Crippen LogP) is 0.994. The highest BCUT2D eigenvalue weighted by Gasteiger charge is 2.50. The number of aliphatic hydroxyl groups is 1. The maximum absolute atomic E-state index is 12.1. The summed E-state index contributed by atoms with van der Waals surface area (Å²) in [4.78, 5) is 35.9. The van der Waals surface area contributed by atoms with Crippen LogP contribution >= 0.6 is 0 Å². The first-order valence-corrected chi connectivity index (χ1v) is 6.55. The van der Waals surface area contributed by atoms with Gasteiger partial charge in [0.05, 0.1) is 12.0 Å². The predicted molar refractivity (Wildman–Crippen MR) is 68.9 cm³/mol. The van der Waals surface area contributed by atoms with Crippen LogP contribution in [-0.2, 0) is 14.3 Å². The average molecular weight is 287 g/mol. The molecule has 0 aromatic carbocycles. The first-order valence-electron chi connectivity index (χ1n) is 6.55. The molecule has 2 amide bonds. The number of carboxylic acid groups (broad SMARTS) is 1. The SMILES string of the molecule is CCC(O)C1CC(C(=O)O)N(C(=O)OC(C)(C)C)C1=O. The van der Waals surface area contributed by atoms with Crippen LogP contribution in [0.4, 0.5) is 4.79 Å². The van der Waals surface area contributed by atoms with E-state index in [1.165, 1.54) is 0 Å². The third kappa shape index (κ3) is 3.47. The topological polar surface area (TPSA) is 104 Å². The zero-order valence-electron chi connectivity index (χ0n) is 12.1. The van der Waals surface area contributed by atoms with Crippen molar-refractivity contribution in [1.29, 1.82) is 0 Å². The Labute approximate surface area is 117 Å². The van der Waals surface area contributed by atoms with Crippen molar-refractivity contribution in [1.82, 2.24) is 4.90 Å². The summed E-state index contributed by atoms with van der Waals surface area (Å²) < 4.78 is 5.06. The van der Waals surface area contributed by atoms with Gasteiger partial charge in [-0.25, -0.2) is 14.5 Å². The molecule has 0 radical (unpaired) electrons. The molecule has 7 heteroatoms. The first-order chi connectivity index (χ1) is 9.08. The van der Waals surface area contributed by atoms with Gasteiger partial charge in [-0.3, -0.25) is 4.79 Å². The molecule has 3 unspecified atom stereocenters. The van der Waals surface area contributed by atoms with Gasteiger partial charge in [-0.15, -0.1) is 0 Å². The molecule has 7 nitrogen and oxygen atoms in total. The van der Waals surface area contributed by atoms with Gasteiger partial charge in [-0.05, 0) is 33.6 Å². The van der Waals surface area contributed by atoms with Gasteiger partial charge in [0.15, 0.2) is 0 Å². The molecule has 1 rings (SSSR count). The Bertz CT molecular complexity index is 414. The number of nitrogens with zero attached hydrogens (tertiary/aromatic N) is 1. The molecule has 1 aliphatic heterocycles. The van der Waals surface area contributed by atoms with Crippen molar-refractivity contribution >= 4 is 18.0 Å². The number of rotatable bonds is 3.